The van der Waals surface area contributed by atoms with Crippen molar-refractivity contribution < 1.29 is 22.1 Å². The summed E-state index contributed by atoms with van der Waals surface area (Å²) in [5, 5.41) is 0. The first-order valence-corrected chi connectivity index (χ1v) is 9.73. The molecule has 0 radical (unpaired) electrons. The monoisotopic (exact) mass is 312 g/mol. The number of hydrogen-bond acceptors (Lipinski definition) is 3. The second-order valence-electron chi connectivity index (χ2n) is 4.88. The van der Waals surface area contributed by atoms with Crippen molar-refractivity contribution in [1.82, 2.24) is 0 Å². The number of halogens is 2. The van der Waals surface area contributed by atoms with E-state index in [0.717, 1.165) is 38.5 Å². The number of rotatable bonds is 14. The standard InChI is InChI=1S/C14H30F2O3Si/c1-4-7-10-17-20(13-14(15)16,18-11-8-5-2)19-12-9-6-3/h14H,4-13H2,1-3H3. The van der Waals surface area contributed by atoms with Gasteiger partial charge in [-0.15, -0.1) is 0 Å². The maximum atomic E-state index is 12.9. The Bertz CT molecular complexity index is 192. The van der Waals surface area contributed by atoms with Gasteiger partial charge in [0.2, 0.25) is 6.43 Å². The lowest BCUT2D eigenvalue weighted by atomic mass is 10.4. The van der Waals surface area contributed by atoms with Crippen LogP contribution in [0.4, 0.5) is 8.78 Å². The van der Waals surface area contributed by atoms with Gasteiger partial charge in [0.15, 0.2) is 0 Å². The highest BCUT2D eigenvalue weighted by Gasteiger charge is 2.44. The summed E-state index contributed by atoms with van der Waals surface area (Å²) in [5.41, 5.74) is 0. The lowest BCUT2D eigenvalue weighted by Crippen LogP contribution is -2.48. The van der Waals surface area contributed by atoms with Gasteiger partial charge >= 0.3 is 8.80 Å². The fraction of sp³-hybridized carbons (Fsp3) is 1.00. The molecule has 0 amide bonds. The Morgan fingerprint density at radius 2 is 1.10 bits per heavy atom. The fourth-order valence-electron chi connectivity index (χ4n) is 1.61. The second-order valence-corrected chi connectivity index (χ2v) is 7.52. The highest BCUT2D eigenvalue weighted by Crippen LogP contribution is 2.22. The van der Waals surface area contributed by atoms with Crippen molar-refractivity contribution in [2.24, 2.45) is 0 Å². The molecular weight excluding hydrogens is 282 g/mol. The molecule has 0 aromatic rings. The van der Waals surface area contributed by atoms with Crippen LogP contribution in [0.5, 0.6) is 0 Å². The van der Waals surface area contributed by atoms with Crippen molar-refractivity contribution in [2.45, 2.75) is 71.8 Å². The van der Waals surface area contributed by atoms with Crippen molar-refractivity contribution in [3.63, 3.8) is 0 Å². The maximum Gasteiger partial charge on any atom is 0.506 e. The van der Waals surface area contributed by atoms with Gasteiger partial charge in [0, 0.05) is 19.8 Å². The molecule has 0 spiro atoms. The summed E-state index contributed by atoms with van der Waals surface area (Å²) in [6.07, 6.45) is 2.95. The van der Waals surface area contributed by atoms with E-state index in [1.165, 1.54) is 0 Å². The quantitative estimate of drug-likeness (QED) is 0.345. The first-order valence-electron chi connectivity index (χ1n) is 7.80. The smallest absolute Gasteiger partial charge is 0.373 e. The maximum absolute atomic E-state index is 12.9. The molecule has 0 bridgehead atoms. The SMILES string of the molecule is CCCCO[Si](CC(F)F)(OCCCC)OCCCC. The third kappa shape index (κ3) is 9.80. The van der Waals surface area contributed by atoms with Gasteiger partial charge in [-0.3, -0.25) is 0 Å². The molecule has 0 aromatic carbocycles. The predicted molar refractivity (Wildman–Crippen MR) is 79.1 cm³/mol. The van der Waals surface area contributed by atoms with Gasteiger partial charge in [-0.2, -0.15) is 0 Å². The van der Waals surface area contributed by atoms with Crippen molar-refractivity contribution in [2.75, 3.05) is 19.8 Å². The molecule has 0 unspecified atom stereocenters. The molecule has 0 N–H and O–H groups in total. The third-order valence-electron chi connectivity index (χ3n) is 2.86. The van der Waals surface area contributed by atoms with Crippen LogP contribution in [-0.4, -0.2) is 35.1 Å². The molecule has 0 atom stereocenters. The van der Waals surface area contributed by atoms with E-state index < -0.39 is 21.3 Å². The van der Waals surface area contributed by atoms with E-state index in [-0.39, 0.29) is 0 Å². The van der Waals surface area contributed by atoms with Gasteiger partial charge in [0.25, 0.3) is 0 Å². The highest BCUT2D eigenvalue weighted by atomic mass is 28.4. The van der Waals surface area contributed by atoms with Crippen LogP contribution in [0.2, 0.25) is 6.04 Å². The zero-order chi connectivity index (χ0) is 15.3. The largest absolute Gasteiger partial charge is 0.506 e. The lowest BCUT2D eigenvalue weighted by Gasteiger charge is -2.29. The predicted octanol–water partition coefficient (Wildman–Crippen LogP) is 4.64. The molecule has 0 rings (SSSR count). The molecule has 6 heteroatoms. The van der Waals surface area contributed by atoms with E-state index in [1.54, 1.807) is 0 Å². The summed E-state index contributed by atoms with van der Waals surface area (Å²) in [7, 11) is -3.22. The van der Waals surface area contributed by atoms with E-state index in [1.807, 2.05) is 20.8 Å². The number of unbranched alkanes of at least 4 members (excludes halogenated alkanes) is 3. The van der Waals surface area contributed by atoms with E-state index in [0.29, 0.717) is 19.8 Å². The Kier molecular flexibility index (Phi) is 12.7. The van der Waals surface area contributed by atoms with Gasteiger partial charge < -0.3 is 13.3 Å². The summed E-state index contributed by atoms with van der Waals surface area (Å²) in [6, 6.07) is -0.399. The van der Waals surface area contributed by atoms with Crippen LogP contribution in [0, 0.1) is 0 Å². The van der Waals surface area contributed by atoms with Gasteiger partial charge in [-0.05, 0) is 19.3 Å². The molecule has 0 fully saturated rings. The van der Waals surface area contributed by atoms with Crippen LogP contribution in [0.1, 0.15) is 59.3 Å². The molecule has 3 nitrogen and oxygen atoms in total. The normalized spacial score (nSPS) is 12.3. The van der Waals surface area contributed by atoms with E-state index >= 15 is 0 Å². The van der Waals surface area contributed by atoms with Crippen molar-refractivity contribution >= 4 is 8.80 Å². The minimum absolute atomic E-state index is 0.399. The summed E-state index contributed by atoms with van der Waals surface area (Å²) >= 11 is 0. The summed E-state index contributed by atoms with van der Waals surface area (Å²) < 4.78 is 42.8. The Morgan fingerprint density at radius 3 is 1.35 bits per heavy atom. The number of alkyl halides is 2. The Morgan fingerprint density at radius 1 is 0.750 bits per heavy atom. The van der Waals surface area contributed by atoms with Gasteiger partial charge in [0.1, 0.15) is 0 Å². The van der Waals surface area contributed by atoms with Gasteiger partial charge in [-0.1, -0.05) is 40.0 Å². The van der Waals surface area contributed by atoms with Crippen LogP contribution >= 0.6 is 0 Å². The highest BCUT2D eigenvalue weighted by molar-refractivity contribution is 6.60. The van der Waals surface area contributed by atoms with Crippen LogP contribution < -0.4 is 0 Å². The molecule has 0 saturated carbocycles. The van der Waals surface area contributed by atoms with E-state index in [9.17, 15) is 8.78 Å². The van der Waals surface area contributed by atoms with Crippen LogP contribution in [0.3, 0.4) is 0 Å². The van der Waals surface area contributed by atoms with Crippen molar-refractivity contribution in [1.29, 1.82) is 0 Å². The van der Waals surface area contributed by atoms with Crippen LogP contribution in [0.15, 0.2) is 0 Å². The first kappa shape index (κ1) is 20.0. The van der Waals surface area contributed by atoms with Crippen LogP contribution in [0.25, 0.3) is 0 Å². The molecule has 0 aliphatic heterocycles. The average molecular weight is 312 g/mol. The van der Waals surface area contributed by atoms with E-state index in [2.05, 4.69) is 0 Å². The number of hydrogen-bond donors (Lipinski definition) is 0. The summed E-state index contributed by atoms with van der Waals surface area (Å²) in [6.45, 7) is 7.43. The van der Waals surface area contributed by atoms with E-state index in [4.69, 9.17) is 13.3 Å². The first-order chi connectivity index (χ1) is 9.60. The average Bonchev–Trinajstić information content (AvgIpc) is 2.39. The lowest BCUT2D eigenvalue weighted by molar-refractivity contribution is 0.0382. The second kappa shape index (κ2) is 12.7. The zero-order valence-corrected chi connectivity index (χ0v) is 14.1. The third-order valence-corrected chi connectivity index (χ3v) is 5.60. The summed E-state index contributed by atoms with van der Waals surface area (Å²) in [4.78, 5) is 0. The molecule has 0 heterocycles. The molecular formula is C14H30F2O3Si. The topological polar surface area (TPSA) is 27.7 Å². The Balaban J connectivity index is 4.57. The molecule has 0 aliphatic rings. The van der Waals surface area contributed by atoms with Crippen molar-refractivity contribution in [3.8, 4) is 0 Å². The Hall–Kier alpha value is -0.0431. The van der Waals surface area contributed by atoms with Gasteiger partial charge in [0.05, 0.1) is 6.04 Å². The molecule has 0 aliphatic carbocycles. The minimum atomic E-state index is -3.22. The minimum Gasteiger partial charge on any atom is -0.373 e. The fourth-order valence-corrected chi connectivity index (χ4v) is 3.95. The Labute approximate surface area is 123 Å². The zero-order valence-electron chi connectivity index (χ0n) is 13.1. The van der Waals surface area contributed by atoms with Gasteiger partial charge in [-0.25, -0.2) is 8.78 Å². The molecule has 0 aromatic heterocycles. The molecule has 122 valence electrons. The summed E-state index contributed by atoms with van der Waals surface area (Å²) in [5.74, 6) is 0. The molecule has 0 saturated heterocycles. The van der Waals surface area contributed by atoms with Crippen LogP contribution in [-0.2, 0) is 13.3 Å². The van der Waals surface area contributed by atoms with Crippen molar-refractivity contribution in [3.05, 3.63) is 0 Å². The molecule has 20 heavy (non-hydrogen) atoms.